The number of rotatable bonds is 5. The van der Waals surface area contributed by atoms with Gasteiger partial charge in [-0.3, -0.25) is 4.79 Å². The Balaban J connectivity index is 3.14. The largest absolute Gasteiger partial charge is 0.480 e. The van der Waals surface area contributed by atoms with E-state index in [1.54, 1.807) is 32.9 Å². The smallest absolute Gasteiger partial charge is 0.322 e. The van der Waals surface area contributed by atoms with Crippen LogP contribution in [0, 0.1) is 12.8 Å². The van der Waals surface area contributed by atoms with Crippen molar-refractivity contribution in [2.75, 3.05) is 0 Å². The van der Waals surface area contributed by atoms with Crippen molar-refractivity contribution in [2.24, 2.45) is 5.92 Å². The van der Waals surface area contributed by atoms with E-state index in [-0.39, 0.29) is 10.8 Å². The normalized spacial score (nSPS) is 13.5. The average Bonchev–Trinajstić information content (AvgIpc) is 2.24. The van der Waals surface area contributed by atoms with Gasteiger partial charge in [-0.05, 0) is 36.6 Å². The lowest BCUT2D eigenvalue weighted by Crippen LogP contribution is -2.44. The molecule has 0 fully saturated rings. The van der Waals surface area contributed by atoms with Gasteiger partial charge in [0.1, 0.15) is 6.04 Å². The van der Waals surface area contributed by atoms with Crippen molar-refractivity contribution in [3.8, 4) is 0 Å². The fourth-order valence-corrected chi connectivity index (χ4v) is 3.66. The Morgan fingerprint density at radius 2 is 1.95 bits per heavy atom. The molecule has 0 amide bonds. The summed E-state index contributed by atoms with van der Waals surface area (Å²) in [6.45, 7) is 4.95. The Kier molecular flexibility index (Phi) is 5.11. The van der Waals surface area contributed by atoms with Gasteiger partial charge in [-0.1, -0.05) is 29.8 Å². The van der Waals surface area contributed by atoms with Crippen molar-refractivity contribution in [2.45, 2.75) is 31.7 Å². The molecule has 0 saturated heterocycles. The van der Waals surface area contributed by atoms with E-state index in [1.807, 2.05) is 0 Å². The predicted molar refractivity (Wildman–Crippen MR) is 75.5 cm³/mol. The molecule has 2 N–H and O–H groups in total. The van der Waals surface area contributed by atoms with Crippen LogP contribution in [0.1, 0.15) is 19.4 Å². The lowest BCUT2D eigenvalue weighted by Gasteiger charge is -2.18. The van der Waals surface area contributed by atoms with Crippen molar-refractivity contribution < 1.29 is 18.3 Å². The zero-order chi connectivity index (χ0) is 14.8. The molecule has 5 nitrogen and oxygen atoms in total. The molecule has 1 unspecified atom stereocenters. The number of benzene rings is 1. The Morgan fingerprint density at radius 3 is 2.37 bits per heavy atom. The maximum Gasteiger partial charge on any atom is 0.322 e. The van der Waals surface area contributed by atoms with Crippen LogP contribution in [0.15, 0.2) is 27.6 Å². The van der Waals surface area contributed by atoms with E-state index in [2.05, 4.69) is 20.7 Å². The molecule has 1 rings (SSSR count). The minimum Gasteiger partial charge on any atom is -0.480 e. The number of hydrogen-bond acceptors (Lipinski definition) is 3. The molecule has 0 spiro atoms. The highest BCUT2D eigenvalue weighted by Gasteiger charge is 2.28. The van der Waals surface area contributed by atoms with Crippen molar-refractivity contribution in [3.05, 3.63) is 28.2 Å². The van der Waals surface area contributed by atoms with Gasteiger partial charge < -0.3 is 5.11 Å². The quantitative estimate of drug-likeness (QED) is 0.852. The molecule has 0 aromatic heterocycles. The molecular formula is C12H16BrNO4S. The number of aliphatic carboxylic acids is 1. The third-order valence-corrected chi connectivity index (χ3v) is 4.74. The summed E-state index contributed by atoms with van der Waals surface area (Å²) in [4.78, 5) is 11.1. The number of hydrogen-bond donors (Lipinski definition) is 2. The zero-order valence-corrected chi connectivity index (χ0v) is 13.2. The van der Waals surface area contributed by atoms with Crippen LogP contribution in [-0.2, 0) is 14.8 Å². The first kappa shape index (κ1) is 16.1. The Hall–Kier alpha value is -0.920. The molecule has 0 bridgehead atoms. The van der Waals surface area contributed by atoms with Gasteiger partial charge in [-0.2, -0.15) is 4.72 Å². The van der Waals surface area contributed by atoms with E-state index < -0.39 is 22.0 Å². The summed E-state index contributed by atoms with van der Waals surface area (Å²) in [5.74, 6) is -1.53. The SMILES string of the molecule is Cc1cc(Br)ccc1S(=O)(=O)NC(C(=O)O)C(C)C. The van der Waals surface area contributed by atoms with Crippen LogP contribution in [0.2, 0.25) is 0 Å². The van der Waals surface area contributed by atoms with Crippen LogP contribution in [0.5, 0.6) is 0 Å². The minimum atomic E-state index is -3.85. The summed E-state index contributed by atoms with van der Waals surface area (Å²) >= 11 is 3.25. The second-order valence-electron chi connectivity index (χ2n) is 4.59. The molecule has 0 aliphatic carbocycles. The van der Waals surface area contributed by atoms with Gasteiger partial charge in [0.2, 0.25) is 10.0 Å². The molecule has 0 saturated carbocycles. The Bertz CT molecular complexity index is 583. The summed E-state index contributed by atoms with van der Waals surface area (Å²) in [6, 6.07) is 3.57. The number of halogens is 1. The number of sulfonamides is 1. The van der Waals surface area contributed by atoms with Crippen molar-refractivity contribution in [1.29, 1.82) is 0 Å². The molecule has 1 atom stereocenters. The summed E-state index contributed by atoms with van der Waals surface area (Å²) in [5, 5.41) is 9.03. The number of carbonyl (C=O) groups is 1. The standard InChI is InChI=1S/C12H16BrNO4S/c1-7(2)11(12(15)16)14-19(17,18)10-5-4-9(13)6-8(10)3/h4-7,11,14H,1-3H3,(H,15,16). The molecule has 0 aliphatic rings. The highest BCUT2D eigenvalue weighted by Crippen LogP contribution is 2.20. The fourth-order valence-electron chi connectivity index (χ4n) is 1.62. The van der Waals surface area contributed by atoms with E-state index in [0.29, 0.717) is 5.56 Å². The maximum atomic E-state index is 12.2. The van der Waals surface area contributed by atoms with E-state index in [1.165, 1.54) is 6.07 Å². The van der Waals surface area contributed by atoms with E-state index >= 15 is 0 Å². The molecular weight excluding hydrogens is 334 g/mol. The van der Waals surface area contributed by atoms with Gasteiger partial charge in [-0.15, -0.1) is 0 Å². The fraction of sp³-hybridized carbons (Fsp3) is 0.417. The molecule has 19 heavy (non-hydrogen) atoms. The summed E-state index contributed by atoms with van der Waals surface area (Å²) < 4.78 is 27.4. The molecule has 0 radical (unpaired) electrons. The van der Waals surface area contributed by atoms with E-state index in [9.17, 15) is 13.2 Å². The van der Waals surface area contributed by atoms with Gasteiger partial charge in [0.25, 0.3) is 0 Å². The second-order valence-corrected chi connectivity index (χ2v) is 7.19. The number of aryl methyl sites for hydroxylation is 1. The predicted octanol–water partition coefficient (Wildman–Crippen LogP) is 2.15. The number of carboxylic acids is 1. The number of nitrogens with one attached hydrogen (secondary N) is 1. The van der Waals surface area contributed by atoms with Crippen LogP contribution in [0.3, 0.4) is 0 Å². The van der Waals surface area contributed by atoms with Crippen molar-refractivity contribution in [3.63, 3.8) is 0 Å². The molecule has 7 heteroatoms. The Labute approximate surface area is 121 Å². The van der Waals surface area contributed by atoms with Crippen LogP contribution in [0.4, 0.5) is 0 Å². The number of carboxylic acid groups (broad SMARTS) is 1. The zero-order valence-electron chi connectivity index (χ0n) is 10.8. The molecule has 1 aromatic carbocycles. The van der Waals surface area contributed by atoms with E-state index in [0.717, 1.165) is 4.47 Å². The van der Waals surface area contributed by atoms with Crippen LogP contribution in [-0.4, -0.2) is 25.5 Å². The third-order valence-electron chi connectivity index (χ3n) is 2.64. The first-order valence-corrected chi connectivity index (χ1v) is 7.94. The second kappa shape index (κ2) is 6.02. The molecule has 0 heterocycles. The van der Waals surface area contributed by atoms with Crippen LogP contribution < -0.4 is 4.72 Å². The van der Waals surface area contributed by atoms with Gasteiger partial charge in [0, 0.05) is 4.47 Å². The molecule has 1 aromatic rings. The van der Waals surface area contributed by atoms with Crippen molar-refractivity contribution in [1.82, 2.24) is 4.72 Å². The monoisotopic (exact) mass is 349 g/mol. The first-order valence-electron chi connectivity index (χ1n) is 5.66. The van der Waals surface area contributed by atoms with Gasteiger partial charge in [0.15, 0.2) is 0 Å². The third kappa shape index (κ3) is 4.02. The van der Waals surface area contributed by atoms with Crippen LogP contribution >= 0.6 is 15.9 Å². The highest BCUT2D eigenvalue weighted by molar-refractivity contribution is 9.10. The summed E-state index contributed by atoms with van der Waals surface area (Å²) in [7, 11) is -3.85. The topological polar surface area (TPSA) is 83.5 Å². The molecule has 0 aliphatic heterocycles. The highest BCUT2D eigenvalue weighted by atomic mass is 79.9. The van der Waals surface area contributed by atoms with Crippen LogP contribution in [0.25, 0.3) is 0 Å². The lowest BCUT2D eigenvalue weighted by molar-refractivity contribution is -0.140. The van der Waals surface area contributed by atoms with Gasteiger partial charge in [0.05, 0.1) is 4.90 Å². The van der Waals surface area contributed by atoms with Crippen molar-refractivity contribution >= 4 is 31.9 Å². The average molecular weight is 350 g/mol. The summed E-state index contributed by atoms with van der Waals surface area (Å²) in [5.41, 5.74) is 0.551. The molecule has 106 valence electrons. The lowest BCUT2D eigenvalue weighted by atomic mass is 10.1. The minimum absolute atomic E-state index is 0.0857. The summed E-state index contributed by atoms with van der Waals surface area (Å²) in [6.07, 6.45) is 0. The van der Waals surface area contributed by atoms with E-state index in [4.69, 9.17) is 5.11 Å². The van der Waals surface area contributed by atoms with Gasteiger partial charge in [-0.25, -0.2) is 8.42 Å². The van der Waals surface area contributed by atoms with Gasteiger partial charge >= 0.3 is 5.97 Å². The Morgan fingerprint density at radius 1 is 1.37 bits per heavy atom. The first-order chi connectivity index (χ1) is 8.65. The maximum absolute atomic E-state index is 12.2.